The summed E-state index contributed by atoms with van der Waals surface area (Å²) in [6, 6.07) is 8.04. The summed E-state index contributed by atoms with van der Waals surface area (Å²) in [5.74, 6) is 0.582. The lowest BCUT2D eigenvalue weighted by Crippen LogP contribution is -2.31. The maximum atomic E-state index is 10.6. The van der Waals surface area contributed by atoms with E-state index in [1.54, 1.807) is 0 Å². The van der Waals surface area contributed by atoms with E-state index in [-0.39, 0.29) is 0 Å². The van der Waals surface area contributed by atoms with Crippen LogP contribution >= 0.6 is 11.6 Å². The first-order valence-electron chi connectivity index (χ1n) is 5.24. The zero-order valence-electron chi connectivity index (χ0n) is 8.53. The van der Waals surface area contributed by atoms with Crippen LogP contribution in [0.25, 0.3) is 0 Å². The van der Waals surface area contributed by atoms with Gasteiger partial charge in [-0.05, 0) is 36.5 Å². The molecule has 1 amide bonds. The Morgan fingerprint density at radius 2 is 1.80 bits per heavy atom. The highest BCUT2D eigenvalue weighted by molar-refractivity contribution is 6.30. The Kier molecular flexibility index (Phi) is 3.27. The van der Waals surface area contributed by atoms with Crippen molar-refractivity contribution in [2.45, 2.75) is 18.8 Å². The van der Waals surface area contributed by atoms with Crippen LogP contribution in [0.15, 0.2) is 24.3 Å². The molecule has 1 saturated heterocycles. The van der Waals surface area contributed by atoms with Crippen LogP contribution in [0, 0.1) is 0 Å². The van der Waals surface area contributed by atoms with Crippen LogP contribution in [0.5, 0.6) is 0 Å². The Labute approximate surface area is 94.8 Å². The highest BCUT2D eigenvalue weighted by Crippen LogP contribution is 2.28. The van der Waals surface area contributed by atoms with Crippen LogP contribution in [-0.2, 0) is 4.79 Å². The molecular formula is C12H14ClNO. The minimum atomic E-state index is 0.582. The molecule has 0 aliphatic carbocycles. The van der Waals surface area contributed by atoms with Gasteiger partial charge in [0.2, 0.25) is 6.41 Å². The third kappa shape index (κ3) is 2.51. The van der Waals surface area contributed by atoms with E-state index >= 15 is 0 Å². The molecule has 0 atom stereocenters. The lowest BCUT2D eigenvalue weighted by Gasteiger charge is -2.29. The molecule has 0 unspecified atom stereocenters. The molecule has 80 valence electrons. The van der Waals surface area contributed by atoms with Gasteiger partial charge >= 0.3 is 0 Å². The van der Waals surface area contributed by atoms with Crippen LogP contribution in [0.4, 0.5) is 0 Å². The van der Waals surface area contributed by atoms with Gasteiger partial charge in [-0.25, -0.2) is 0 Å². The van der Waals surface area contributed by atoms with Crippen LogP contribution in [0.1, 0.15) is 24.3 Å². The summed E-state index contributed by atoms with van der Waals surface area (Å²) >= 11 is 5.84. The quantitative estimate of drug-likeness (QED) is 0.706. The number of nitrogens with zero attached hydrogens (tertiary/aromatic N) is 1. The van der Waals surface area contributed by atoms with Gasteiger partial charge in [0.1, 0.15) is 0 Å². The molecule has 0 radical (unpaired) electrons. The van der Waals surface area contributed by atoms with Crippen molar-refractivity contribution >= 4 is 18.0 Å². The Morgan fingerprint density at radius 1 is 1.20 bits per heavy atom. The molecule has 2 nitrogen and oxygen atoms in total. The van der Waals surface area contributed by atoms with Gasteiger partial charge in [-0.1, -0.05) is 23.7 Å². The number of amides is 1. The van der Waals surface area contributed by atoms with Crippen LogP contribution in [0.2, 0.25) is 5.02 Å². The van der Waals surface area contributed by atoms with Gasteiger partial charge in [0, 0.05) is 18.1 Å². The molecule has 1 aliphatic rings. The number of halogens is 1. The normalized spacial score (nSPS) is 17.8. The first-order valence-corrected chi connectivity index (χ1v) is 5.62. The zero-order chi connectivity index (χ0) is 10.7. The van der Waals surface area contributed by atoms with E-state index in [0.29, 0.717) is 5.92 Å². The zero-order valence-corrected chi connectivity index (χ0v) is 9.28. The number of likely N-dealkylation sites (tertiary alicyclic amines) is 1. The highest BCUT2D eigenvalue weighted by atomic mass is 35.5. The summed E-state index contributed by atoms with van der Waals surface area (Å²) in [6.07, 6.45) is 3.05. The van der Waals surface area contributed by atoms with Gasteiger partial charge < -0.3 is 4.90 Å². The SMILES string of the molecule is O=CN1CCC(c2ccc(Cl)cc2)CC1. The van der Waals surface area contributed by atoms with Gasteiger partial charge in [0.15, 0.2) is 0 Å². The van der Waals surface area contributed by atoms with E-state index in [1.165, 1.54) is 5.56 Å². The van der Waals surface area contributed by atoms with Gasteiger partial charge in [0.25, 0.3) is 0 Å². The maximum absolute atomic E-state index is 10.6. The van der Waals surface area contributed by atoms with Crippen LogP contribution in [0.3, 0.4) is 0 Å². The molecule has 0 N–H and O–H groups in total. The molecule has 1 heterocycles. The van der Waals surface area contributed by atoms with Crippen molar-refractivity contribution in [3.63, 3.8) is 0 Å². The fourth-order valence-corrected chi connectivity index (χ4v) is 2.20. The molecule has 0 bridgehead atoms. The summed E-state index contributed by atoms with van der Waals surface area (Å²) in [5, 5.41) is 0.782. The first kappa shape index (κ1) is 10.5. The summed E-state index contributed by atoms with van der Waals surface area (Å²) in [5.41, 5.74) is 1.34. The number of carbonyl (C=O) groups excluding carboxylic acids is 1. The van der Waals surface area contributed by atoms with Gasteiger partial charge in [-0.3, -0.25) is 4.79 Å². The van der Waals surface area contributed by atoms with Crippen LogP contribution < -0.4 is 0 Å². The fourth-order valence-electron chi connectivity index (χ4n) is 2.07. The van der Waals surface area contributed by atoms with Crippen LogP contribution in [-0.4, -0.2) is 24.4 Å². The number of hydrogen-bond acceptors (Lipinski definition) is 1. The van der Waals surface area contributed by atoms with Crippen molar-refractivity contribution in [2.75, 3.05) is 13.1 Å². The molecule has 1 aromatic carbocycles. The first-order chi connectivity index (χ1) is 7.29. The summed E-state index contributed by atoms with van der Waals surface area (Å²) in [4.78, 5) is 12.4. The molecule has 0 spiro atoms. The average molecular weight is 224 g/mol. The number of rotatable bonds is 2. The van der Waals surface area contributed by atoms with Crippen molar-refractivity contribution in [3.05, 3.63) is 34.9 Å². The lowest BCUT2D eigenvalue weighted by atomic mass is 9.90. The second-order valence-electron chi connectivity index (χ2n) is 3.97. The molecule has 0 saturated carbocycles. The topological polar surface area (TPSA) is 20.3 Å². The van der Waals surface area contributed by atoms with E-state index < -0.39 is 0 Å². The van der Waals surface area contributed by atoms with Gasteiger partial charge in [0.05, 0.1) is 0 Å². The lowest BCUT2D eigenvalue weighted by molar-refractivity contribution is -0.119. The third-order valence-electron chi connectivity index (χ3n) is 3.02. The number of benzene rings is 1. The van der Waals surface area contributed by atoms with E-state index in [1.807, 2.05) is 17.0 Å². The fraction of sp³-hybridized carbons (Fsp3) is 0.417. The second-order valence-corrected chi connectivity index (χ2v) is 4.40. The Balaban J connectivity index is 2.01. The summed E-state index contributed by atoms with van der Waals surface area (Å²) < 4.78 is 0. The largest absolute Gasteiger partial charge is 0.345 e. The monoisotopic (exact) mass is 223 g/mol. The minimum absolute atomic E-state index is 0.582. The van der Waals surface area contributed by atoms with Crippen molar-refractivity contribution in [3.8, 4) is 0 Å². The molecule has 0 aromatic heterocycles. The molecule has 1 fully saturated rings. The molecule has 1 aromatic rings. The second kappa shape index (κ2) is 4.67. The number of piperidine rings is 1. The Morgan fingerprint density at radius 3 is 2.33 bits per heavy atom. The smallest absolute Gasteiger partial charge is 0.209 e. The average Bonchev–Trinajstić information content (AvgIpc) is 2.30. The standard InChI is InChI=1S/C12H14ClNO/c13-12-3-1-10(2-4-12)11-5-7-14(9-15)8-6-11/h1-4,9,11H,5-8H2. The van der Waals surface area contributed by atoms with Crippen molar-refractivity contribution in [1.82, 2.24) is 4.90 Å². The van der Waals surface area contributed by atoms with Crippen molar-refractivity contribution in [2.24, 2.45) is 0 Å². The maximum Gasteiger partial charge on any atom is 0.209 e. The number of carbonyl (C=O) groups is 1. The van der Waals surface area contributed by atoms with Gasteiger partial charge in [-0.2, -0.15) is 0 Å². The van der Waals surface area contributed by atoms with E-state index in [0.717, 1.165) is 37.4 Å². The summed E-state index contributed by atoms with van der Waals surface area (Å²) in [6.45, 7) is 1.74. The predicted octanol–water partition coefficient (Wildman–Crippen LogP) is 2.68. The molecule has 1 aliphatic heterocycles. The molecule has 3 heteroatoms. The van der Waals surface area contributed by atoms with Crippen molar-refractivity contribution in [1.29, 1.82) is 0 Å². The summed E-state index contributed by atoms with van der Waals surface area (Å²) in [7, 11) is 0. The minimum Gasteiger partial charge on any atom is -0.345 e. The van der Waals surface area contributed by atoms with Gasteiger partial charge in [-0.15, -0.1) is 0 Å². The predicted molar refractivity (Wildman–Crippen MR) is 61.1 cm³/mol. The molecular weight excluding hydrogens is 210 g/mol. The molecule has 2 rings (SSSR count). The van der Waals surface area contributed by atoms with E-state index in [2.05, 4.69) is 12.1 Å². The molecule has 15 heavy (non-hydrogen) atoms. The number of hydrogen-bond donors (Lipinski definition) is 0. The highest BCUT2D eigenvalue weighted by Gasteiger charge is 2.19. The third-order valence-corrected chi connectivity index (χ3v) is 3.27. The van der Waals surface area contributed by atoms with E-state index in [9.17, 15) is 4.79 Å². The van der Waals surface area contributed by atoms with E-state index in [4.69, 9.17) is 11.6 Å². The Bertz CT molecular complexity index is 328. The van der Waals surface area contributed by atoms with Crippen molar-refractivity contribution < 1.29 is 4.79 Å². The Hall–Kier alpha value is -1.02.